The first-order valence-electron chi connectivity index (χ1n) is 6.60. The summed E-state index contributed by atoms with van der Waals surface area (Å²) in [7, 11) is 0. The fourth-order valence-electron chi connectivity index (χ4n) is 2.63. The number of nitrogens with zero attached hydrogens (tertiary/aromatic N) is 1. The van der Waals surface area contributed by atoms with E-state index in [9.17, 15) is 4.79 Å². The number of carbonyl (C=O) groups excluding carboxylic acids is 1. The minimum absolute atomic E-state index is 0.216. The quantitative estimate of drug-likeness (QED) is 0.776. The van der Waals surface area contributed by atoms with Gasteiger partial charge in [0.1, 0.15) is 0 Å². The van der Waals surface area contributed by atoms with Crippen molar-refractivity contribution >= 4 is 5.78 Å². The third kappa shape index (κ3) is 2.58. The van der Waals surface area contributed by atoms with Gasteiger partial charge in [-0.25, -0.2) is 0 Å². The lowest BCUT2D eigenvalue weighted by Gasteiger charge is -2.19. The van der Waals surface area contributed by atoms with Crippen LogP contribution < -0.4 is 0 Å². The molecule has 2 heteroatoms. The van der Waals surface area contributed by atoms with Crippen LogP contribution in [0.5, 0.6) is 0 Å². The maximum absolute atomic E-state index is 12.2. The van der Waals surface area contributed by atoms with Gasteiger partial charge in [0.2, 0.25) is 0 Å². The third-order valence-electron chi connectivity index (χ3n) is 3.81. The number of ketones is 1. The van der Waals surface area contributed by atoms with Crippen molar-refractivity contribution < 1.29 is 4.79 Å². The molecule has 0 spiro atoms. The Morgan fingerprint density at radius 2 is 1.94 bits per heavy atom. The molecule has 1 atom stereocenters. The van der Waals surface area contributed by atoms with Gasteiger partial charge in [0.15, 0.2) is 5.78 Å². The van der Waals surface area contributed by atoms with Gasteiger partial charge in [0, 0.05) is 11.5 Å². The molecule has 0 heterocycles. The molecule has 0 amide bonds. The Kier molecular flexibility index (Phi) is 3.95. The number of hydrogen-bond donors (Lipinski definition) is 0. The molecule has 0 N–H and O–H groups in total. The summed E-state index contributed by atoms with van der Waals surface area (Å²) in [5.74, 6) is 0.570. The molecule has 92 valence electrons. The fourth-order valence-corrected chi connectivity index (χ4v) is 2.63. The Labute approximate surface area is 104 Å². The van der Waals surface area contributed by atoms with Crippen LogP contribution in [0.25, 0.3) is 0 Å². The highest BCUT2D eigenvalue weighted by atomic mass is 16.1. The van der Waals surface area contributed by atoms with E-state index in [4.69, 9.17) is 0 Å². The summed E-state index contributed by atoms with van der Waals surface area (Å²) < 4.78 is 0. The van der Waals surface area contributed by atoms with Crippen LogP contribution >= 0.6 is 0 Å². The zero-order valence-electron chi connectivity index (χ0n) is 10.8. The molecule has 0 radical (unpaired) electrons. The standard InChI is InChI=1S/C15H21NO/c1-3-16(4-2)10-9-13-11-12-7-5-6-8-14(12)15(13)17/h5-8,13H,3-4,9-11H2,1-2H3/t13-/m0/s1. The molecule has 0 bridgehead atoms. The van der Waals surface area contributed by atoms with Gasteiger partial charge in [-0.2, -0.15) is 0 Å². The predicted octanol–water partition coefficient (Wildman–Crippen LogP) is 2.77. The summed E-state index contributed by atoms with van der Waals surface area (Å²) in [6.45, 7) is 7.54. The van der Waals surface area contributed by atoms with E-state index in [2.05, 4.69) is 24.8 Å². The van der Waals surface area contributed by atoms with Crippen LogP contribution in [0.15, 0.2) is 24.3 Å². The molecular weight excluding hydrogens is 210 g/mol. The second kappa shape index (κ2) is 5.46. The number of carbonyl (C=O) groups is 1. The second-order valence-electron chi connectivity index (χ2n) is 4.74. The molecule has 0 saturated heterocycles. The minimum Gasteiger partial charge on any atom is -0.304 e. The number of rotatable bonds is 5. The van der Waals surface area contributed by atoms with Crippen molar-refractivity contribution in [3.05, 3.63) is 35.4 Å². The predicted molar refractivity (Wildman–Crippen MR) is 70.4 cm³/mol. The number of hydrogen-bond acceptors (Lipinski definition) is 2. The van der Waals surface area contributed by atoms with Crippen LogP contribution in [0.4, 0.5) is 0 Å². The summed E-state index contributed by atoms with van der Waals surface area (Å²) in [6.07, 6.45) is 1.94. The maximum Gasteiger partial charge on any atom is 0.166 e. The van der Waals surface area contributed by atoms with Crippen molar-refractivity contribution in [3.63, 3.8) is 0 Å². The zero-order chi connectivity index (χ0) is 12.3. The number of Topliss-reactive ketones (excluding diaryl/α,β-unsaturated/α-hetero) is 1. The summed E-state index contributed by atoms with van der Waals surface area (Å²) >= 11 is 0. The molecule has 0 aliphatic heterocycles. The number of benzene rings is 1. The Morgan fingerprint density at radius 1 is 1.24 bits per heavy atom. The normalized spacial score (nSPS) is 18.8. The van der Waals surface area contributed by atoms with Crippen molar-refractivity contribution in [2.45, 2.75) is 26.7 Å². The lowest BCUT2D eigenvalue weighted by Crippen LogP contribution is -2.26. The van der Waals surface area contributed by atoms with Crippen molar-refractivity contribution in [1.29, 1.82) is 0 Å². The summed E-state index contributed by atoms with van der Waals surface area (Å²) in [6, 6.07) is 8.04. The van der Waals surface area contributed by atoms with Crippen molar-refractivity contribution in [1.82, 2.24) is 4.90 Å². The highest BCUT2D eigenvalue weighted by molar-refractivity contribution is 6.02. The molecule has 0 unspecified atom stereocenters. The topological polar surface area (TPSA) is 20.3 Å². The molecule has 17 heavy (non-hydrogen) atoms. The largest absolute Gasteiger partial charge is 0.304 e. The van der Waals surface area contributed by atoms with Gasteiger partial charge in [-0.3, -0.25) is 4.79 Å². The molecule has 0 saturated carbocycles. The monoisotopic (exact) mass is 231 g/mol. The average molecular weight is 231 g/mol. The third-order valence-corrected chi connectivity index (χ3v) is 3.81. The van der Waals surface area contributed by atoms with Crippen molar-refractivity contribution in [2.24, 2.45) is 5.92 Å². The highest BCUT2D eigenvalue weighted by Gasteiger charge is 2.29. The Morgan fingerprint density at radius 3 is 2.59 bits per heavy atom. The van der Waals surface area contributed by atoms with Crippen LogP contribution in [-0.4, -0.2) is 30.3 Å². The molecule has 2 nitrogen and oxygen atoms in total. The highest BCUT2D eigenvalue weighted by Crippen LogP contribution is 2.28. The van der Waals surface area contributed by atoms with Gasteiger partial charge >= 0.3 is 0 Å². The first kappa shape index (κ1) is 12.3. The minimum atomic E-state index is 0.216. The zero-order valence-corrected chi connectivity index (χ0v) is 10.8. The summed E-state index contributed by atoms with van der Waals surface area (Å²) in [5, 5.41) is 0. The Balaban J connectivity index is 1.96. The van der Waals surface area contributed by atoms with Crippen LogP contribution in [-0.2, 0) is 6.42 Å². The van der Waals surface area contributed by atoms with Crippen LogP contribution in [0.1, 0.15) is 36.2 Å². The van der Waals surface area contributed by atoms with Crippen LogP contribution in [0.2, 0.25) is 0 Å². The van der Waals surface area contributed by atoms with Crippen molar-refractivity contribution in [3.8, 4) is 0 Å². The second-order valence-corrected chi connectivity index (χ2v) is 4.74. The molecule has 0 aromatic heterocycles. The maximum atomic E-state index is 12.2. The van der Waals surface area contributed by atoms with Gasteiger partial charge in [-0.05, 0) is 38.0 Å². The van der Waals surface area contributed by atoms with Crippen molar-refractivity contribution in [2.75, 3.05) is 19.6 Å². The molecule has 1 aromatic carbocycles. The molecule has 2 rings (SSSR count). The van der Waals surface area contributed by atoms with Gasteiger partial charge in [0.25, 0.3) is 0 Å². The number of fused-ring (bicyclic) bond motifs is 1. The first-order chi connectivity index (χ1) is 8.26. The molecule has 1 aromatic rings. The van der Waals surface area contributed by atoms with Gasteiger partial charge in [-0.15, -0.1) is 0 Å². The molecular formula is C15H21NO. The van der Waals surface area contributed by atoms with E-state index in [1.165, 1.54) is 5.56 Å². The fraction of sp³-hybridized carbons (Fsp3) is 0.533. The van der Waals surface area contributed by atoms with E-state index in [0.29, 0.717) is 5.78 Å². The summed E-state index contributed by atoms with van der Waals surface area (Å²) in [4.78, 5) is 14.6. The van der Waals surface area contributed by atoms with E-state index in [1.807, 2.05) is 18.2 Å². The summed E-state index contributed by atoms with van der Waals surface area (Å²) in [5.41, 5.74) is 2.19. The molecule has 1 aliphatic carbocycles. The lowest BCUT2D eigenvalue weighted by molar-refractivity contribution is 0.0922. The molecule has 1 aliphatic rings. The van der Waals surface area contributed by atoms with Gasteiger partial charge < -0.3 is 4.90 Å². The van der Waals surface area contributed by atoms with E-state index >= 15 is 0 Å². The average Bonchev–Trinajstić information content (AvgIpc) is 2.68. The van der Waals surface area contributed by atoms with E-state index in [0.717, 1.165) is 38.0 Å². The first-order valence-corrected chi connectivity index (χ1v) is 6.60. The Bertz CT molecular complexity index is 396. The van der Waals surface area contributed by atoms with Crippen LogP contribution in [0.3, 0.4) is 0 Å². The van der Waals surface area contributed by atoms with E-state index in [1.54, 1.807) is 0 Å². The lowest BCUT2D eigenvalue weighted by atomic mass is 10.0. The van der Waals surface area contributed by atoms with E-state index in [-0.39, 0.29) is 5.92 Å². The smallest absolute Gasteiger partial charge is 0.166 e. The van der Waals surface area contributed by atoms with Crippen LogP contribution in [0, 0.1) is 5.92 Å². The Hall–Kier alpha value is -1.15. The van der Waals surface area contributed by atoms with Gasteiger partial charge in [0.05, 0.1) is 0 Å². The van der Waals surface area contributed by atoms with E-state index < -0.39 is 0 Å². The van der Waals surface area contributed by atoms with Gasteiger partial charge in [-0.1, -0.05) is 38.1 Å². The molecule has 0 fully saturated rings. The SMILES string of the molecule is CCN(CC)CC[C@H]1Cc2ccccc2C1=O.